The van der Waals surface area contributed by atoms with Crippen molar-refractivity contribution in [3.8, 4) is 0 Å². The van der Waals surface area contributed by atoms with E-state index in [4.69, 9.17) is 5.73 Å². The van der Waals surface area contributed by atoms with E-state index < -0.39 is 0 Å². The van der Waals surface area contributed by atoms with Crippen LogP contribution in [0.3, 0.4) is 0 Å². The summed E-state index contributed by atoms with van der Waals surface area (Å²) in [5.41, 5.74) is 8.96. The molecule has 0 aliphatic heterocycles. The molecule has 0 atom stereocenters. The molecule has 0 aromatic carbocycles. The van der Waals surface area contributed by atoms with Crippen molar-refractivity contribution in [2.24, 2.45) is 5.73 Å². The minimum absolute atomic E-state index is 0.816. The predicted molar refractivity (Wildman–Crippen MR) is 55.9 cm³/mol. The van der Waals surface area contributed by atoms with Crippen LogP contribution in [0.4, 0.5) is 0 Å². The first-order chi connectivity index (χ1) is 6.38. The highest BCUT2D eigenvalue weighted by Crippen LogP contribution is 2.21. The predicted octanol–water partition coefficient (Wildman–Crippen LogP) is 2.38. The van der Waals surface area contributed by atoms with Crippen LogP contribution in [0.15, 0.2) is 71.5 Å². The third-order valence-electron chi connectivity index (χ3n) is 2.05. The Morgan fingerprint density at radius 3 is 2.46 bits per heavy atom. The fourth-order valence-electron chi connectivity index (χ4n) is 1.38. The summed E-state index contributed by atoms with van der Waals surface area (Å²) in [7, 11) is 0. The van der Waals surface area contributed by atoms with Crippen molar-refractivity contribution in [3.05, 3.63) is 71.5 Å². The van der Waals surface area contributed by atoms with Gasteiger partial charge in [0.1, 0.15) is 0 Å². The molecular formula is C12H11N. The van der Waals surface area contributed by atoms with Crippen molar-refractivity contribution >= 4 is 0 Å². The Morgan fingerprint density at radius 1 is 0.769 bits per heavy atom. The van der Waals surface area contributed by atoms with Crippen molar-refractivity contribution < 1.29 is 0 Å². The van der Waals surface area contributed by atoms with Gasteiger partial charge in [-0.3, -0.25) is 0 Å². The van der Waals surface area contributed by atoms with Crippen LogP contribution in [-0.4, -0.2) is 0 Å². The summed E-state index contributed by atoms with van der Waals surface area (Å²) >= 11 is 0. The number of hydrogen-bond donors (Lipinski definition) is 1. The normalized spacial score (nSPS) is 19.5. The maximum absolute atomic E-state index is 5.89. The second-order valence-corrected chi connectivity index (χ2v) is 2.95. The van der Waals surface area contributed by atoms with Crippen molar-refractivity contribution in [1.82, 2.24) is 0 Å². The zero-order valence-electron chi connectivity index (χ0n) is 7.27. The van der Waals surface area contributed by atoms with Gasteiger partial charge in [0.2, 0.25) is 0 Å². The maximum Gasteiger partial charge on any atom is 0.0393 e. The zero-order chi connectivity index (χ0) is 9.10. The minimum Gasteiger partial charge on any atom is -0.398 e. The van der Waals surface area contributed by atoms with Gasteiger partial charge in [0.05, 0.1) is 0 Å². The second kappa shape index (κ2) is 3.31. The first-order valence-electron chi connectivity index (χ1n) is 4.28. The molecule has 2 aliphatic rings. The highest BCUT2D eigenvalue weighted by atomic mass is 14.6. The van der Waals surface area contributed by atoms with E-state index in [2.05, 4.69) is 12.2 Å². The van der Waals surface area contributed by atoms with Crippen LogP contribution in [0.1, 0.15) is 0 Å². The molecule has 0 amide bonds. The molecule has 1 heteroatoms. The van der Waals surface area contributed by atoms with Crippen LogP contribution in [0.2, 0.25) is 0 Å². The topological polar surface area (TPSA) is 26.0 Å². The Bertz CT molecular complexity index is 387. The first-order valence-corrected chi connectivity index (χ1v) is 4.28. The molecule has 2 N–H and O–H groups in total. The molecule has 0 fully saturated rings. The molecule has 0 radical (unpaired) electrons. The van der Waals surface area contributed by atoms with E-state index in [0.717, 1.165) is 16.8 Å². The fourth-order valence-corrected chi connectivity index (χ4v) is 1.38. The van der Waals surface area contributed by atoms with Crippen molar-refractivity contribution in [3.63, 3.8) is 0 Å². The number of hydrogen-bond acceptors (Lipinski definition) is 1. The van der Waals surface area contributed by atoms with Gasteiger partial charge in [0.15, 0.2) is 0 Å². The Hall–Kier alpha value is -1.76. The van der Waals surface area contributed by atoms with Gasteiger partial charge >= 0.3 is 0 Å². The van der Waals surface area contributed by atoms with Crippen LogP contribution >= 0.6 is 0 Å². The van der Waals surface area contributed by atoms with Crippen molar-refractivity contribution in [2.45, 2.75) is 0 Å². The van der Waals surface area contributed by atoms with E-state index in [9.17, 15) is 0 Å². The standard InChI is InChI=1S/C12H11N/c13-12-9-5-4-7-10-6-2-1-3-8-11(10)12/h1-9H,13H2. The second-order valence-electron chi connectivity index (χ2n) is 2.95. The van der Waals surface area contributed by atoms with E-state index in [1.54, 1.807) is 0 Å². The number of rotatable bonds is 0. The SMILES string of the molecule is NC1=CC=CC=C2C=CC=CC=C12. The van der Waals surface area contributed by atoms with E-state index in [1.165, 1.54) is 0 Å². The lowest BCUT2D eigenvalue weighted by atomic mass is 10.0. The average molecular weight is 169 g/mol. The molecule has 1 nitrogen and oxygen atoms in total. The Kier molecular flexibility index (Phi) is 2.01. The molecule has 0 saturated heterocycles. The number of fused-ring (bicyclic) bond motifs is 1. The summed E-state index contributed by atoms with van der Waals surface area (Å²) < 4.78 is 0. The maximum atomic E-state index is 5.89. The number of allylic oxidation sites excluding steroid dienone is 10. The smallest absolute Gasteiger partial charge is 0.0393 e. The van der Waals surface area contributed by atoms with Gasteiger partial charge in [-0.1, -0.05) is 48.6 Å². The lowest BCUT2D eigenvalue weighted by Crippen LogP contribution is -2.01. The molecule has 13 heavy (non-hydrogen) atoms. The molecule has 64 valence electrons. The average Bonchev–Trinajstić information content (AvgIpc) is 2.43. The van der Waals surface area contributed by atoms with Crippen LogP contribution in [0.25, 0.3) is 0 Å². The van der Waals surface area contributed by atoms with Crippen LogP contribution in [-0.2, 0) is 0 Å². The third kappa shape index (κ3) is 1.54. The van der Waals surface area contributed by atoms with Crippen LogP contribution in [0, 0.1) is 0 Å². The Balaban J connectivity index is 2.54. The summed E-state index contributed by atoms with van der Waals surface area (Å²) in [6.45, 7) is 0. The molecule has 0 aromatic heterocycles. The summed E-state index contributed by atoms with van der Waals surface area (Å²) in [5, 5.41) is 0. The van der Waals surface area contributed by atoms with E-state index in [0.29, 0.717) is 0 Å². The van der Waals surface area contributed by atoms with Crippen LogP contribution < -0.4 is 5.73 Å². The largest absolute Gasteiger partial charge is 0.398 e. The van der Waals surface area contributed by atoms with Gasteiger partial charge in [-0.2, -0.15) is 0 Å². The lowest BCUT2D eigenvalue weighted by molar-refractivity contribution is 1.33. The van der Waals surface area contributed by atoms with Crippen LogP contribution in [0.5, 0.6) is 0 Å². The quantitative estimate of drug-likeness (QED) is 0.592. The summed E-state index contributed by atoms with van der Waals surface area (Å²) in [5.74, 6) is 0. The molecule has 0 bridgehead atoms. The van der Waals surface area contributed by atoms with E-state index in [1.807, 2.05) is 42.5 Å². The van der Waals surface area contributed by atoms with Gasteiger partial charge in [-0.05, 0) is 11.6 Å². The van der Waals surface area contributed by atoms with Gasteiger partial charge in [0.25, 0.3) is 0 Å². The molecule has 0 spiro atoms. The molecule has 0 aromatic rings. The van der Waals surface area contributed by atoms with E-state index in [-0.39, 0.29) is 0 Å². The Labute approximate surface area is 77.9 Å². The summed E-state index contributed by atoms with van der Waals surface area (Å²) in [4.78, 5) is 0. The Morgan fingerprint density at radius 2 is 1.54 bits per heavy atom. The highest BCUT2D eigenvalue weighted by Gasteiger charge is 2.06. The third-order valence-corrected chi connectivity index (χ3v) is 2.05. The fraction of sp³-hybridized carbons (Fsp3) is 0. The zero-order valence-corrected chi connectivity index (χ0v) is 7.27. The van der Waals surface area contributed by atoms with Crippen molar-refractivity contribution in [1.29, 1.82) is 0 Å². The van der Waals surface area contributed by atoms with Gasteiger partial charge < -0.3 is 5.73 Å². The molecule has 0 unspecified atom stereocenters. The molecular weight excluding hydrogens is 158 g/mol. The van der Waals surface area contributed by atoms with Gasteiger partial charge in [0, 0.05) is 11.3 Å². The van der Waals surface area contributed by atoms with Gasteiger partial charge in [-0.15, -0.1) is 0 Å². The molecule has 0 heterocycles. The molecule has 2 aliphatic carbocycles. The lowest BCUT2D eigenvalue weighted by Gasteiger charge is -2.05. The first kappa shape index (κ1) is 7.87. The number of nitrogens with two attached hydrogens (primary N) is 1. The van der Waals surface area contributed by atoms with Crippen molar-refractivity contribution in [2.75, 3.05) is 0 Å². The summed E-state index contributed by atoms with van der Waals surface area (Å²) in [6.07, 6.45) is 18.0. The van der Waals surface area contributed by atoms with E-state index >= 15 is 0 Å². The van der Waals surface area contributed by atoms with Gasteiger partial charge in [-0.25, -0.2) is 0 Å². The monoisotopic (exact) mass is 169 g/mol. The minimum atomic E-state index is 0.816. The highest BCUT2D eigenvalue weighted by molar-refractivity contribution is 5.57. The molecule has 0 saturated carbocycles. The molecule has 2 rings (SSSR count). The summed E-state index contributed by atoms with van der Waals surface area (Å²) in [6, 6.07) is 0.